The smallest absolute Gasteiger partial charge is 0.308 e. The second-order valence-electron chi connectivity index (χ2n) is 11.8. The van der Waals surface area contributed by atoms with Gasteiger partial charge in [-0.1, -0.05) is 97.8 Å². The minimum absolute atomic E-state index is 0.00317. The topological polar surface area (TPSA) is 100 Å². The minimum Gasteiger partial charge on any atom is -0.463 e. The van der Waals surface area contributed by atoms with Crippen LogP contribution < -0.4 is 0 Å². The molecule has 0 radical (unpaired) electrons. The van der Waals surface area contributed by atoms with Crippen LogP contribution in [0.15, 0.2) is 0 Å². The maximum absolute atomic E-state index is 12.0. The monoisotopic (exact) mass is 679 g/mol. The number of rotatable bonds is 41. The number of ether oxygens (including phenoxy) is 9. The SMILES string of the molecule is CCCCCCCCCCCCCOCCOCCOCCOCCOCCOCCOCCOCCOC(=O)C(CC)CCCC. The second-order valence-corrected chi connectivity index (χ2v) is 11.8. The molecule has 0 N–H and O–H groups in total. The lowest BCUT2D eigenvalue weighted by atomic mass is 10.00. The van der Waals surface area contributed by atoms with Gasteiger partial charge in [-0.15, -0.1) is 0 Å². The van der Waals surface area contributed by atoms with Crippen molar-refractivity contribution >= 4 is 5.97 Å². The van der Waals surface area contributed by atoms with Crippen molar-refractivity contribution in [1.82, 2.24) is 0 Å². The van der Waals surface area contributed by atoms with E-state index in [0.717, 1.165) is 38.7 Å². The Kier molecular flexibility index (Phi) is 40.6. The summed E-state index contributed by atoms with van der Waals surface area (Å²) in [6.07, 6.45) is 18.7. The van der Waals surface area contributed by atoms with Crippen molar-refractivity contribution in [3.05, 3.63) is 0 Å². The Morgan fingerprint density at radius 2 is 0.660 bits per heavy atom. The minimum atomic E-state index is -0.113. The first-order valence-electron chi connectivity index (χ1n) is 19.0. The van der Waals surface area contributed by atoms with Gasteiger partial charge in [0.15, 0.2) is 0 Å². The van der Waals surface area contributed by atoms with Crippen molar-refractivity contribution in [2.24, 2.45) is 5.92 Å². The fraction of sp³-hybridized carbons (Fsp3) is 0.973. The van der Waals surface area contributed by atoms with E-state index in [0.29, 0.717) is 99.1 Å². The fourth-order valence-electron chi connectivity index (χ4n) is 4.77. The predicted molar refractivity (Wildman–Crippen MR) is 187 cm³/mol. The Morgan fingerprint density at radius 3 is 1.00 bits per heavy atom. The molecule has 1 atom stereocenters. The maximum atomic E-state index is 12.0. The number of carbonyl (C=O) groups excluding carboxylic acids is 1. The van der Waals surface area contributed by atoms with E-state index in [1.807, 2.05) is 6.92 Å². The van der Waals surface area contributed by atoms with Gasteiger partial charge in [0.2, 0.25) is 0 Å². The third-order valence-corrected chi connectivity index (χ3v) is 7.70. The van der Waals surface area contributed by atoms with Crippen LogP contribution in [-0.4, -0.2) is 118 Å². The Morgan fingerprint density at radius 1 is 0.362 bits per heavy atom. The summed E-state index contributed by atoms with van der Waals surface area (Å²) in [7, 11) is 0. The molecule has 0 aliphatic heterocycles. The summed E-state index contributed by atoms with van der Waals surface area (Å²) in [6.45, 7) is 15.4. The van der Waals surface area contributed by atoms with Gasteiger partial charge in [0.25, 0.3) is 0 Å². The number of hydrogen-bond donors (Lipinski definition) is 0. The first kappa shape index (κ1) is 46.1. The molecule has 1 unspecified atom stereocenters. The average Bonchev–Trinajstić information content (AvgIpc) is 3.08. The highest BCUT2D eigenvalue weighted by molar-refractivity contribution is 5.72. The van der Waals surface area contributed by atoms with E-state index in [2.05, 4.69) is 13.8 Å². The van der Waals surface area contributed by atoms with Gasteiger partial charge < -0.3 is 42.6 Å². The molecule has 47 heavy (non-hydrogen) atoms. The summed E-state index contributed by atoms with van der Waals surface area (Å²) >= 11 is 0. The van der Waals surface area contributed by atoms with E-state index in [-0.39, 0.29) is 18.5 Å². The molecule has 0 saturated heterocycles. The normalized spacial score (nSPS) is 12.1. The molecule has 0 aromatic carbocycles. The van der Waals surface area contributed by atoms with E-state index < -0.39 is 0 Å². The van der Waals surface area contributed by atoms with Crippen LogP contribution in [0, 0.1) is 5.92 Å². The van der Waals surface area contributed by atoms with Gasteiger partial charge in [-0.05, 0) is 19.3 Å². The van der Waals surface area contributed by atoms with Gasteiger partial charge in [0, 0.05) is 6.61 Å². The van der Waals surface area contributed by atoms with Gasteiger partial charge >= 0.3 is 5.97 Å². The third kappa shape index (κ3) is 37.8. The highest BCUT2D eigenvalue weighted by Crippen LogP contribution is 2.14. The molecule has 282 valence electrons. The Labute approximate surface area is 288 Å². The lowest BCUT2D eigenvalue weighted by Gasteiger charge is -2.13. The van der Waals surface area contributed by atoms with E-state index in [9.17, 15) is 4.79 Å². The predicted octanol–water partition coefficient (Wildman–Crippen LogP) is 7.19. The van der Waals surface area contributed by atoms with E-state index in [4.69, 9.17) is 42.6 Å². The van der Waals surface area contributed by atoms with Crippen LogP contribution in [-0.2, 0) is 47.4 Å². The molecule has 0 aliphatic rings. The average molecular weight is 679 g/mol. The molecule has 0 amide bonds. The first-order chi connectivity index (χ1) is 23.3. The quantitative estimate of drug-likeness (QED) is 0.0488. The number of esters is 1. The largest absolute Gasteiger partial charge is 0.463 e. The molecule has 0 aromatic rings. The highest BCUT2D eigenvalue weighted by Gasteiger charge is 2.16. The molecule has 0 spiro atoms. The lowest BCUT2D eigenvalue weighted by molar-refractivity contribution is -0.150. The number of unbranched alkanes of at least 4 members (excludes halogenated alkanes) is 11. The van der Waals surface area contributed by atoms with Crippen LogP contribution in [0.2, 0.25) is 0 Å². The van der Waals surface area contributed by atoms with Gasteiger partial charge in [0.05, 0.1) is 105 Å². The molecular formula is C37H74O10. The summed E-state index contributed by atoms with van der Waals surface area (Å²) in [4.78, 5) is 12.0. The maximum Gasteiger partial charge on any atom is 0.308 e. The fourth-order valence-corrected chi connectivity index (χ4v) is 4.77. The van der Waals surface area contributed by atoms with E-state index in [1.54, 1.807) is 0 Å². The molecule has 10 heteroatoms. The molecular weight excluding hydrogens is 604 g/mol. The van der Waals surface area contributed by atoms with Crippen LogP contribution in [0.1, 0.15) is 117 Å². The number of hydrogen-bond acceptors (Lipinski definition) is 10. The summed E-state index contributed by atoms with van der Waals surface area (Å²) in [5.41, 5.74) is 0. The summed E-state index contributed by atoms with van der Waals surface area (Å²) in [5, 5.41) is 0. The van der Waals surface area contributed by atoms with Gasteiger partial charge in [-0.2, -0.15) is 0 Å². The van der Waals surface area contributed by atoms with Crippen molar-refractivity contribution in [1.29, 1.82) is 0 Å². The van der Waals surface area contributed by atoms with Crippen LogP contribution in [0.5, 0.6) is 0 Å². The zero-order valence-electron chi connectivity index (χ0n) is 30.8. The molecule has 0 bridgehead atoms. The Hall–Kier alpha value is -0.850. The van der Waals surface area contributed by atoms with Crippen LogP contribution in [0.3, 0.4) is 0 Å². The first-order valence-corrected chi connectivity index (χ1v) is 19.0. The molecule has 0 aromatic heterocycles. The summed E-state index contributed by atoms with van der Waals surface area (Å²) in [5.74, 6) is -0.110. The zero-order chi connectivity index (χ0) is 34.1. The summed E-state index contributed by atoms with van der Waals surface area (Å²) < 4.78 is 49.5. The zero-order valence-corrected chi connectivity index (χ0v) is 30.8. The van der Waals surface area contributed by atoms with Gasteiger partial charge in [0.1, 0.15) is 6.61 Å². The standard InChI is InChI=1S/C37H74O10/c1-4-7-9-10-11-12-13-14-15-16-17-19-39-20-21-40-22-23-41-24-25-42-26-27-43-28-29-44-30-31-45-32-33-46-34-35-47-37(38)36(6-3)18-8-5-2/h36H,4-35H2,1-3H3. The summed E-state index contributed by atoms with van der Waals surface area (Å²) in [6, 6.07) is 0. The lowest BCUT2D eigenvalue weighted by Crippen LogP contribution is -2.20. The van der Waals surface area contributed by atoms with E-state index in [1.165, 1.54) is 64.2 Å². The molecule has 0 rings (SSSR count). The Balaban J connectivity index is 3.13. The Bertz CT molecular complexity index is 595. The molecule has 10 nitrogen and oxygen atoms in total. The van der Waals surface area contributed by atoms with Crippen molar-refractivity contribution in [3.8, 4) is 0 Å². The van der Waals surface area contributed by atoms with Crippen LogP contribution in [0.25, 0.3) is 0 Å². The molecule has 0 heterocycles. The van der Waals surface area contributed by atoms with Crippen molar-refractivity contribution in [3.63, 3.8) is 0 Å². The van der Waals surface area contributed by atoms with Crippen LogP contribution >= 0.6 is 0 Å². The van der Waals surface area contributed by atoms with Gasteiger partial charge in [-0.25, -0.2) is 0 Å². The third-order valence-electron chi connectivity index (χ3n) is 7.70. The second kappa shape index (κ2) is 41.3. The number of carbonyl (C=O) groups is 1. The van der Waals surface area contributed by atoms with Crippen LogP contribution in [0.4, 0.5) is 0 Å². The molecule has 0 aliphatic carbocycles. The van der Waals surface area contributed by atoms with Crippen molar-refractivity contribution in [2.75, 3.05) is 112 Å². The van der Waals surface area contributed by atoms with Crippen molar-refractivity contribution in [2.45, 2.75) is 117 Å². The van der Waals surface area contributed by atoms with Crippen molar-refractivity contribution < 1.29 is 47.4 Å². The highest BCUT2D eigenvalue weighted by atomic mass is 16.6. The van der Waals surface area contributed by atoms with E-state index >= 15 is 0 Å². The molecule has 0 saturated carbocycles. The molecule has 0 fully saturated rings. The van der Waals surface area contributed by atoms with Gasteiger partial charge in [-0.3, -0.25) is 4.79 Å².